The predicted molar refractivity (Wildman–Crippen MR) is 66.4 cm³/mol. The van der Waals surface area contributed by atoms with E-state index in [4.69, 9.17) is 14.9 Å². The molecule has 2 atom stereocenters. The number of oxazole rings is 1. The largest absolute Gasteiger partial charge is 0.417 e. The maximum atomic E-state index is 11.1. The van der Waals surface area contributed by atoms with Gasteiger partial charge in [0.25, 0.3) is 0 Å². The van der Waals surface area contributed by atoms with Crippen LogP contribution >= 0.6 is 0 Å². The summed E-state index contributed by atoms with van der Waals surface area (Å²) in [5.41, 5.74) is 8.28. The number of nitrogens with one attached hydrogen (secondary N) is 2. The molecule has 4 N–H and O–H groups in total. The number of H-pyrrole nitrogens is 1. The first-order valence-electron chi connectivity index (χ1n) is 5.95. The molecule has 0 spiro atoms. The average molecular weight is 249 g/mol. The Morgan fingerprint density at radius 1 is 1.44 bits per heavy atom. The fourth-order valence-corrected chi connectivity index (χ4v) is 2.20. The molecule has 0 bridgehead atoms. The number of morpholine rings is 1. The van der Waals surface area contributed by atoms with Gasteiger partial charge in [-0.3, -0.25) is 4.98 Å². The maximum Gasteiger partial charge on any atom is 0.417 e. The van der Waals surface area contributed by atoms with Crippen LogP contribution in [-0.4, -0.2) is 30.8 Å². The van der Waals surface area contributed by atoms with E-state index in [0.29, 0.717) is 17.7 Å². The molecule has 18 heavy (non-hydrogen) atoms. The Kier molecular flexibility index (Phi) is 2.91. The quantitative estimate of drug-likeness (QED) is 0.702. The summed E-state index contributed by atoms with van der Waals surface area (Å²) in [6.07, 6.45) is -0.0538. The van der Waals surface area contributed by atoms with Crippen molar-refractivity contribution in [1.29, 1.82) is 0 Å². The number of fused-ring (bicyclic) bond motifs is 1. The Morgan fingerprint density at radius 3 is 3.11 bits per heavy atom. The van der Waals surface area contributed by atoms with Crippen LogP contribution in [0.1, 0.15) is 11.6 Å². The number of aromatic nitrogens is 1. The highest BCUT2D eigenvalue weighted by Crippen LogP contribution is 2.21. The maximum absolute atomic E-state index is 11.1. The van der Waals surface area contributed by atoms with Crippen LogP contribution in [0.5, 0.6) is 0 Å². The number of aromatic amines is 1. The lowest BCUT2D eigenvalue weighted by Crippen LogP contribution is -2.44. The number of rotatable bonds is 2. The van der Waals surface area contributed by atoms with Crippen LogP contribution in [0.2, 0.25) is 0 Å². The number of hydrogen-bond donors (Lipinski definition) is 3. The van der Waals surface area contributed by atoms with Crippen LogP contribution in [0.25, 0.3) is 11.1 Å². The minimum Gasteiger partial charge on any atom is -0.408 e. The van der Waals surface area contributed by atoms with Crippen molar-refractivity contribution in [1.82, 2.24) is 10.3 Å². The molecule has 1 aliphatic heterocycles. The molecule has 1 saturated heterocycles. The standard InChI is InChI=1S/C12H15N3O3/c13-11(10-6-14-3-4-17-10)7-1-2-8-9(5-7)18-12(16)15-8/h1-2,5,10-11,14H,3-4,6,13H2,(H,15,16). The van der Waals surface area contributed by atoms with Crippen LogP contribution in [0.4, 0.5) is 0 Å². The molecule has 1 aromatic carbocycles. The van der Waals surface area contributed by atoms with Gasteiger partial charge in [0.15, 0.2) is 5.58 Å². The van der Waals surface area contributed by atoms with E-state index in [1.54, 1.807) is 12.1 Å². The van der Waals surface area contributed by atoms with E-state index < -0.39 is 5.76 Å². The van der Waals surface area contributed by atoms with Gasteiger partial charge in [-0.1, -0.05) is 6.07 Å². The average Bonchev–Trinajstić information content (AvgIpc) is 2.78. The highest BCUT2D eigenvalue weighted by Gasteiger charge is 2.23. The minimum absolute atomic E-state index is 0.0538. The summed E-state index contributed by atoms with van der Waals surface area (Å²) in [7, 11) is 0. The summed E-state index contributed by atoms with van der Waals surface area (Å²) in [5, 5.41) is 3.24. The fraction of sp³-hybridized carbons (Fsp3) is 0.417. The van der Waals surface area contributed by atoms with Crippen LogP contribution in [0.15, 0.2) is 27.4 Å². The zero-order valence-corrected chi connectivity index (χ0v) is 9.81. The lowest BCUT2D eigenvalue weighted by molar-refractivity contribution is 0.0122. The third-order valence-electron chi connectivity index (χ3n) is 3.19. The summed E-state index contributed by atoms with van der Waals surface area (Å²) < 4.78 is 10.6. The lowest BCUT2D eigenvalue weighted by atomic mass is 10.0. The van der Waals surface area contributed by atoms with Crippen LogP contribution in [0, 0.1) is 0 Å². The van der Waals surface area contributed by atoms with E-state index in [1.165, 1.54) is 0 Å². The smallest absolute Gasteiger partial charge is 0.408 e. The minimum atomic E-state index is -0.452. The van der Waals surface area contributed by atoms with Crippen molar-refractivity contribution in [2.45, 2.75) is 12.1 Å². The third kappa shape index (κ3) is 2.05. The molecule has 1 fully saturated rings. The second kappa shape index (κ2) is 4.56. The molecule has 3 rings (SSSR count). The SMILES string of the molecule is NC(c1ccc2[nH]c(=O)oc2c1)C1CNCCO1. The molecule has 1 aromatic heterocycles. The molecule has 6 nitrogen and oxygen atoms in total. The van der Waals surface area contributed by atoms with E-state index in [9.17, 15) is 4.79 Å². The number of ether oxygens (including phenoxy) is 1. The van der Waals surface area contributed by atoms with E-state index in [0.717, 1.165) is 18.7 Å². The van der Waals surface area contributed by atoms with Gasteiger partial charge in [-0.25, -0.2) is 4.79 Å². The first kappa shape index (κ1) is 11.5. The Bertz CT molecular complexity index is 598. The Hall–Kier alpha value is -1.63. The zero-order valence-electron chi connectivity index (χ0n) is 9.81. The molecular weight excluding hydrogens is 234 g/mol. The first-order valence-corrected chi connectivity index (χ1v) is 5.95. The monoisotopic (exact) mass is 249 g/mol. The summed E-state index contributed by atoms with van der Waals surface area (Å²) in [6, 6.07) is 5.24. The third-order valence-corrected chi connectivity index (χ3v) is 3.19. The molecule has 0 amide bonds. The lowest BCUT2D eigenvalue weighted by Gasteiger charge is -2.28. The normalized spacial score (nSPS) is 22.2. The highest BCUT2D eigenvalue weighted by atomic mass is 16.5. The van der Waals surface area contributed by atoms with Gasteiger partial charge >= 0.3 is 5.76 Å². The van der Waals surface area contributed by atoms with Gasteiger partial charge in [0, 0.05) is 13.1 Å². The highest BCUT2D eigenvalue weighted by molar-refractivity contribution is 5.72. The van der Waals surface area contributed by atoms with Gasteiger partial charge in [0.05, 0.1) is 24.3 Å². The van der Waals surface area contributed by atoms with E-state index in [1.807, 2.05) is 6.07 Å². The van der Waals surface area contributed by atoms with Gasteiger partial charge in [0.1, 0.15) is 0 Å². The summed E-state index contributed by atoms with van der Waals surface area (Å²) in [5.74, 6) is -0.452. The molecule has 2 heterocycles. The Balaban J connectivity index is 1.90. The topological polar surface area (TPSA) is 93.3 Å². The molecule has 1 aliphatic rings. The molecule has 0 saturated carbocycles. The summed E-state index contributed by atoms with van der Waals surface area (Å²) in [6.45, 7) is 2.26. The number of hydrogen-bond acceptors (Lipinski definition) is 5. The van der Waals surface area contributed by atoms with Gasteiger partial charge in [-0.05, 0) is 17.7 Å². The zero-order chi connectivity index (χ0) is 12.5. The van der Waals surface area contributed by atoms with Crippen molar-refractivity contribution in [3.8, 4) is 0 Å². The molecule has 2 unspecified atom stereocenters. The van der Waals surface area contributed by atoms with Gasteiger partial charge in [-0.15, -0.1) is 0 Å². The van der Waals surface area contributed by atoms with Crippen LogP contribution in [-0.2, 0) is 4.74 Å². The fourth-order valence-electron chi connectivity index (χ4n) is 2.20. The molecular formula is C12H15N3O3. The van der Waals surface area contributed by atoms with Gasteiger partial charge in [-0.2, -0.15) is 0 Å². The Labute approximate surface area is 103 Å². The molecule has 96 valence electrons. The molecule has 0 radical (unpaired) electrons. The summed E-state index contributed by atoms with van der Waals surface area (Å²) >= 11 is 0. The first-order chi connectivity index (χ1) is 8.74. The number of benzene rings is 1. The molecule has 6 heteroatoms. The van der Waals surface area contributed by atoms with Crippen molar-refractivity contribution < 1.29 is 9.15 Å². The van der Waals surface area contributed by atoms with Crippen molar-refractivity contribution in [3.05, 3.63) is 34.3 Å². The van der Waals surface area contributed by atoms with Gasteiger partial charge in [0.2, 0.25) is 0 Å². The molecule has 2 aromatic rings. The number of nitrogens with two attached hydrogens (primary N) is 1. The second-order valence-corrected chi connectivity index (χ2v) is 4.41. The van der Waals surface area contributed by atoms with Gasteiger partial charge < -0.3 is 20.2 Å². The van der Waals surface area contributed by atoms with Crippen LogP contribution in [0.3, 0.4) is 0 Å². The second-order valence-electron chi connectivity index (χ2n) is 4.41. The van der Waals surface area contributed by atoms with Crippen molar-refractivity contribution in [2.24, 2.45) is 5.73 Å². The van der Waals surface area contributed by atoms with E-state index >= 15 is 0 Å². The van der Waals surface area contributed by atoms with Crippen molar-refractivity contribution in [2.75, 3.05) is 19.7 Å². The van der Waals surface area contributed by atoms with E-state index in [-0.39, 0.29) is 12.1 Å². The Morgan fingerprint density at radius 2 is 2.33 bits per heavy atom. The van der Waals surface area contributed by atoms with Crippen LogP contribution < -0.4 is 16.8 Å². The van der Waals surface area contributed by atoms with E-state index in [2.05, 4.69) is 10.3 Å². The predicted octanol–water partition coefficient (Wildman–Crippen LogP) is 0.109. The summed E-state index contributed by atoms with van der Waals surface area (Å²) in [4.78, 5) is 13.7. The molecule has 0 aliphatic carbocycles. The van der Waals surface area contributed by atoms with Crippen molar-refractivity contribution >= 4 is 11.1 Å². The van der Waals surface area contributed by atoms with Crippen molar-refractivity contribution in [3.63, 3.8) is 0 Å².